The molecule has 2 rings (SSSR count). The van der Waals surface area contributed by atoms with Crippen molar-refractivity contribution < 1.29 is 9.59 Å². The molecule has 1 aliphatic carbocycles. The summed E-state index contributed by atoms with van der Waals surface area (Å²) in [5.41, 5.74) is 0. The average molecular weight is 295 g/mol. The monoisotopic (exact) mass is 295 g/mol. The van der Waals surface area contributed by atoms with Crippen LogP contribution in [0.25, 0.3) is 0 Å². The summed E-state index contributed by atoms with van der Waals surface area (Å²) in [6, 6.07) is 0.697. The Bertz CT molecular complexity index is 369. The molecule has 21 heavy (non-hydrogen) atoms. The zero-order valence-corrected chi connectivity index (χ0v) is 13.4. The van der Waals surface area contributed by atoms with E-state index in [-0.39, 0.29) is 24.4 Å². The molecular formula is C16H29N3O2. The van der Waals surface area contributed by atoms with Gasteiger partial charge in [-0.05, 0) is 52.0 Å². The topological polar surface area (TPSA) is 61.4 Å². The predicted octanol–water partition coefficient (Wildman–Crippen LogP) is 1.28. The average Bonchev–Trinajstić information content (AvgIpc) is 2.45. The zero-order chi connectivity index (χ0) is 15.2. The van der Waals surface area contributed by atoms with E-state index in [9.17, 15) is 9.59 Å². The summed E-state index contributed by atoms with van der Waals surface area (Å²) in [5, 5.41) is 5.52. The molecule has 1 saturated carbocycles. The van der Waals surface area contributed by atoms with Crippen LogP contribution in [0.1, 0.15) is 52.4 Å². The minimum Gasteiger partial charge on any atom is -0.352 e. The summed E-state index contributed by atoms with van der Waals surface area (Å²) in [5.74, 6) is 0.636. The fourth-order valence-electron chi connectivity index (χ4n) is 3.72. The smallest absolute Gasteiger partial charge is 0.239 e. The van der Waals surface area contributed by atoms with Gasteiger partial charge in [-0.3, -0.25) is 14.5 Å². The molecule has 2 fully saturated rings. The van der Waals surface area contributed by atoms with Crippen molar-refractivity contribution in [2.24, 2.45) is 5.92 Å². The van der Waals surface area contributed by atoms with Gasteiger partial charge in [0.15, 0.2) is 0 Å². The van der Waals surface area contributed by atoms with Crippen molar-refractivity contribution in [3.8, 4) is 0 Å². The highest BCUT2D eigenvalue weighted by molar-refractivity contribution is 5.85. The molecule has 1 heterocycles. The van der Waals surface area contributed by atoms with E-state index in [4.69, 9.17) is 0 Å². The van der Waals surface area contributed by atoms with Crippen molar-refractivity contribution in [1.29, 1.82) is 0 Å². The van der Waals surface area contributed by atoms with Gasteiger partial charge < -0.3 is 10.6 Å². The molecule has 0 spiro atoms. The van der Waals surface area contributed by atoms with Gasteiger partial charge >= 0.3 is 0 Å². The maximum Gasteiger partial charge on any atom is 0.239 e. The molecule has 2 atom stereocenters. The molecule has 0 radical (unpaired) electrons. The van der Waals surface area contributed by atoms with E-state index in [1.807, 2.05) is 13.8 Å². The second kappa shape index (κ2) is 7.78. The van der Waals surface area contributed by atoms with Crippen molar-refractivity contribution in [1.82, 2.24) is 15.5 Å². The first-order valence-electron chi connectivity index (χ1n) is 8.36. The summed E-state index contributed by atoms with van der Waals surface area (Å²) in [7, 11) is 0. The lowest BCUT2D eigenvalue weighted by Crippen LogP contribution is -2.51. The normalized spacial score (nSPS) is 26.2. The molecule has 2 amide bonds. The zero-order valence-electron chi connectivity index (χ0n) is 13.4. The fraction of sp³-hybridized carbons (Fsp3) is 0.875. The number of carbonyl (C=O) groups is 2. The van der Waals surface area contributed by atoms with Crippen LogP contribution in [0, 0.1) is 5.92 Å². The quantitative estimate of drug-likeness (QED) is 0.803. The number of likely N-dealkylation sites (tertiary alicyclic amines) is 1. The minimum atomic E-state index is -0.118. The van der Waals surface area contributed by atoms with Crippen LogP contribution in [0.5, 0.6) is 0 Å². The molecule has 2 N–H and O–H groups in total. The number of hydrogen-bond acceptors (Lipinski definition) is 3. The molecule has 0 unspecified atom stereocenters. The summed E-state index contributed by atoms with van der Waals surface area (Å²) >= 11 is 0. The number of piperidine rings is 1. The highest BCUT2D eigenvalue weighted by Gasteiger charge is 2.33. The van der Waals surface area contributed by atoms with E-state index < -0.39 is 0 Å². The van der Waals surface area contributed by atoms with Crippen LogP contribution >= 0.6 is 0 Å². The van der Waals surface area contributed by atoms with Gasteiger partial charge in [-0.2, -0.15) is 0 Å². The number of amides is 2. The molecule has 1 saturated heterocycles. The van der Waals surface area contributed by atoms with Crippen molar-refractivity contribution in [2.45, 2.75) is 64.5 Å². The molecule has 1 aliphatic heterocycles. The van der Waals surface area contributed by atoms with E-state index in [0.29, 0.717) is 12.6 Å². The maximum atomic E-state index is 12.0. The van der Waals surface area contributed by atoms with E-state index in [2.05, 4.69) is 15.5 Å². The third kappa shape index (κ3) is 4.99. The lowest BCUT2D eigenvalue weighted by atomic mass is 9.78. The standard InChI is InChI=1S/C16H29N3O2/c1-12(2)18-15(20)10-17-16(21)11-19-9-5-7-13-6-3-4-8-14(13)19/h12-14H,3-11H2,1-2H3,(H,17,21)(H,18,20)/t13-,14+/m1/s1. The molecule has 0 bridgehead atoms. The van der Waals surface area contributed by atoms with Crippen molar-refractivity contribution in [3.63, 3.8) is 0 Å². The Kier molecular flexibility index (Phi) is 6.03. The second-order valence-electron chi connectivity index (χ2n) is 6.72. The van der Waals surface area contributed by atoms with Gasteiger partial charge in [-0.15, -0.1) is 0 Å². The van der Waals surface area contributed by atoms with Crippen LogP contribution in [0.3, 0.4) is 0 Å². The van der Waals surface area contributed by atoms with Crippen molar-refractivity contribution in [3.05, 3.63) is 0 Å². The number of hydrogen-bond donors (Lipinski definition) is 2. The third-order valence-corrected chi connectivity index (χ3v) is 4.60. The molecule has 0 aromatic rings. The number of nitrogens with zero attached hydrogens (tertiary/aromatic N) is 1. The first kappa shape index (κ1) is 16.3. The molecule has 0 aromatic carbocycles. The van der Waals surface area contributed by atoms with Gasteiger partial charge in [0.1, 0.15) is 0 Å². The van der Waals surface area contributed by atoms with Crippen LogP contribution in [0.2, 0.25) is 0 Å². The molecular weight excluding hydrogens is 266 g/mol. The Labute approximate surface area is 127 Å². The van der Waals surface area contributed by atoms with Crippen molar-refractivity contribution in [2.75, 3.05) is 19.6 Å². The van der Waals surface area contributed by atoms with Gasteiger partial charge in [-0.25, -0.2) is 0 Å². The Morgan fingerprint density at radius 2 is 1.81 bits per heavy atom. The van der Waals surface area contributed by atoms with Gasteiger partial charge in [0.05, 0.1) is 13.1 Å². The number of fused-ring (bicyclic) bond motifs is 1. The largest absolute Gasteiger partial charge is 0.352 e. The van der Waals surface area contributed by atoms with Gasteiger partial charge in [0, 0.05) is 12.1 Å². The molecule has 0 aromatic heterocycles. The Morgan fingerprint density at radius 3 is 2.57 bits per heavy atom. The third-order valence-electron chi connectivity index (χ3n) is 4.60. The van der Waals surface area contributed by atoms with Crippen LogP contribution in [0.15, 0.2) is 0 Å². The number of nitrogens with one attached hydrogen (secondary N) is 2. The minimum absolute atomic E-state index is 0.0277. The van der Waals surface area contributed by atoms with Gasteiger partial charge in [-0.1, -0.05) is 12.8 Å². The van der Waals surface area contributed by atoms with Gasteiger partial charge in [0.25, 0.3) is 0 Å². The molecule has 2 aliphatic rings. The molecule has 120 valence electrons. The van der Waals surface area contributed by atoms with E-state index >= 15 is 0 Å². The Hall–Kier alpha value is -1.10. The summed E-state index contributed by atoms with van der Waals surface area (Å²) in [6.07, 6.45) is 7.69. The first-order chi connectivity index (χ1) is 10.1. The number of carbonyl (C=O) groups excluding carboxylic acids is 2. The van der Waals surface area contributed by atoms with Crippen LogP contribution in [-0.4, -0.2) is 48.4 Å². The SMILES string of the molecule is CC(C)NC(=O)CNC(=O)CN1CCC[C@H]2CCCC[C@@H]21. The van der Waals surface area contributed by atoms with E-state index in [1.54, 1.807) is 0 Å². The molecule has 5 heteroatoms. The van der Waals surface area contributed by atoms with Crippen LogP contribution in [-0.2, 0) is 9.59 Å². The van der Waals surface area contributed by atoms with Crippen LogP contribution < -0.4 is 10.6 Å². The van der Waals surface area contributed by atoms with Gasteiger partial charge in [0.2, 0.25) is 11.8 Å². The summed E-state index contributed by atoms with van der Waals surface area (Å²) in [6.45, 7) is 5.37. The summed E-state index contributed by atoms with van der Waals surface area (Å²) < 4.78 is 0. The maximum absolute atomic E-state index is 12.0. The predicted molar refractivity (Wildman–Crippen MR) is 82.8 cm³/mol. The first-order valence-corrected chi connectivity index (χ1v) is 8.36. The number of rotatable bonds is 5. The van der Waals surface area contributed by atoms with Crippen molar-refractivity contribution >= 4 is 11.8 Å². The van der Waals surface area contributed by atoms with E-state index in [1.165, 1.54) is 38.5 Å². The fourth-order valence-corrected chi connectivity index (χ4v) is 3.72. The van der Waals surface area contributed by atoms with E-state index in [0.717, 1.165) is 12.5 Å². The summed E-state index contributed by atoms with van der Waals surface area (Å²) in [4.78, 5) is 25.9. The Morgan fingerprint density at radius 1 is 1.10 bits per heavy atom. The highest BCUT2D eigenvalue weighted by Crippen LogP contribution is 2.34. The second-order valence-corrected chi connectivity index (χ2v) is 6.72. The van der Waals surface area contributed by atoms with Crippen LogP contribution in [0.4, 0.5) is 0 Å². The lowest BCUT2D eigenvalue weighted by molar-refractivity contribution is -0.128. The molecule has 5 nitrogen and oxygen atoms in total. The lowest BCUT2D eigenvalue weighted by Gasteiger charge is -2.43. The highest BCUT2D eigenvalue weighted by atomic mass is 16.2. The Balaban J connectivity index is 1.75.